The number of furan rings is 1. The second-order valence-corrected chi connectivity index (χ2v) is 5.77. The van der Waals surface area contributed by atoms with E-state index < -0.39 is 23.4 Å². The number of esters is 1. The van der Waals surface area contributed by atoms with E-state index in [9.17, 15) is 19.7 Å². The zero-order valence-electron chi connectivity index (χ0n) is 12.4. The molecule has 0 spiro atoms. The Morgan fingerprint density at radius 2 is 2.12 bits per heavy atom. The van der Waals surface area contributed by atoms with Gasteiger partial charge in [-0.25, -0.2) is 4.79 Å². The van der Waals surface area contributed by atoms with Crippen LogP contribution in [0.2, 0.25) is 5.02 Å². The van der Waals surface area contributed by atoms with Crippen LogP contribution in [0.3, 0.4) is 0 Å². The molecule has 0 radical (unpaired) electrons. The minimum atomic E-state index is -0.775. The third kappa shape index (κ3) is 5.73. The first-order valence-corrected chi connectivity index (χ1v) is 7.86. The fourth-order valence-corrected chi connectivity index (χ4v) is 2.20. The fraction of sp³-hybridized carbons (Fsp3) is 0.0667. The van der Waals surface area contributed by atoms with Crippen molar-refractivity contribution in [2.24, 2.45) is 0 Å². The number of hydrogen-bond donors (Lipinski definition) is 1. The van der Waals surface area contributed by atoms with Crippen molar-refractivity contribution in [2.75, 3.05) is 11.9 Å². The van der Waals surface area contributed by atoms with Gasteiger partial charge < -0.3 is 14.5 Å². The van der Waals surface area contributed by atoms with Crippen LogP contribution < -0.4 is 5.32 Å². The van der Waals surface area contributed by atoms with Crippen molar-refractivity contribution < 1.29 is 23.7 Å². The van der Waals surface area contributed by atoms with E-state index >= 15 is 0 Å². The van der Waals surface area contributed by atoms with Crippen LogP contribution >= 0.6 is 27.5 Å². The number of rotatable bonds is 6. The van der Waals surface area contributed by atoms with Crippen molar-refractivity contribution in [3.63, 3.8) is 0 Å². The second kappa shape index (κ2) is 8.45. The summed E-state index contributed by atoms with van der Waals surface area (Å²) in [6.45, 7) is -0.616. The highest BCUT2D eigenvalue weighted by molar-refractivity contribution is 9.10. The molecular formula is C15H10BrClN2O6. The van der Waals surface area contributed by atoms with Crippen molar-refractivity contribution in [3.05, 3.63) is 62.0 Å². The number of carbonyl (C=O) groups excluding carboxylic acids is 2. The van der Waals surface area contributed by atoms with Gasteiger partial charge in [-0.15, -0.1) is 0 Å². The molecule has 0 atom stereocenters. The first kappa shape index (κ1) is 18.7. The van der Waals surface area contributed by atoms with Crippen LogP contribution in [0.15, 0.2) is 45.5 Å². The van der Waals surface area contributed by atoms with E-state index in [1.54, 1.807) is 12.1 Å². The molecule has 0 aliphatic carbocycles. The predicted molar refractivity (Wildman–Crippen MR) is 93.1 cm³/mol. The van der Waals surface area contributed by atoms with E-state index in [0.717, 1.165) is 12.1 Å². The molecule has 0 bridgehead atoms. The molecule has 0 saturated carbocycles. The lowest BCUT2D eigenvalue weighted by Gasteiger charge is -2.06. The lowest BCUT2D eigenvalue weighted by Crippen LogP contribution is -2.20. The molecule has 10 heteroatoms. The van der Waals surface area contributed by atoms with Crippen molar-refractivity contribution in [3.8, 4) is 0 Å². The Labute approximate surface area is 154 Å². The Morgan fingerprint density at radius 1 is 1.36 bits per heavy atom. The third-order valence-corrected chi connectivity index (χ3v) is 3.41. The normalized spacial score (nSPS) is 10.6. The number of nitro groups is 1. The van der Waals surface area contributed by atoms with Crippen LogP contribution in [0.5, 0.6) is 0 Å². The maximum atomic E-state index is 11.8. The van der Waals surface area contributed by atoms with Crippen LogP contribution in [-0.4, -0.2) is 23.4 Å². The summed E-state index contributed by atoms with van der Waals surface area (Å²) in [5.41, 5.74) is -0.415. The molecule has 130 valence electrons. The van der Waals surface area contributed by atoms with Crippen molar-refractivity contribution in [2.45, 2.75) is 0 Å². The van der Waals surface area contributed by atoms with Gasteiger partial charge in [0.05, 0.1) is 4.92 Å². The summed E-state index contributed by atoms with van der Waals surface area (Å²) in [4.78, 5) is 33.6. The molecule has 0 unspecified atom stereocenters. The van der Waals surface area contributed by atoms with Crippen LogP contribution in [-0.2, 0) is 14.3 Å². The molecule has 8 nitrogen and oxygen atoms in total. The summed E-state index contributed by atoms with van der Waals surface area (Å²) in [6.07, 6.45) is 2.45. The SMILES string of the molecule is O=C(COC(=O)/C=C/c1ccc(Br)o1)Nc1cc(Cl)ccc1[N+](=O)[O-]. The molecule has 1 amide bonds. The van der Waals surface area contributed by atoms with Gasteiger partial charge in [0.25, 0.3) is 11.6 Å². The fourth-order valence-electron chi connectivity index (χ4n) is 1.71. The molecule has 0 saturated heterocycles. The number of halogens is 2. The van der Waals surface area contributed by atoms with Gasteiger partial charge in [-0.2, -0.15) is 0 Å². The number of benzene rings is 1. The van der Waals surface area contributed by atoms with E-state index in [0.29, 0.717) is 10.4 Å². The summed E-state index contributed by atoms with van der Waals surface area (Å²) < 4.78 is 10.4. The number of ether oxygens (including phenoxy) is 1. The summed E-state index contributed by atoms with van der Waals surface area (Å²) in [5, 5.41) is 13.4. The predicted octanol–water partition coefficient (Wildman–Crippen LogP) is 3.80. The lowest BCUT2D eigenvalue weighted by atomic mass is 10.2. The van der Waals surface area contributed by atoms with Gasteiger partial charge in [0.15, 0.2) is 11.3 Å². The van der Waals surface area contributed by atoms with E-state index in [1.165, 1.54) is 18.2 Å². The van der Waals surface area contributed by atoms with Gasteiger partial charge in [-0.05, 0) is 46.3 Å². The number of anilines is 1. The summed E-state index contributed by atoms with van der Waals surface area (Å²) in [7, 11) is 0. The highest BCUT2D eigenvalue weighted by Gasteiger charge is 2.16. The first-order valence-electron chi connectivity index (χ1n) is 6.69. The number of amides is 1. The van der Waals surface area contributed by atoms with Crippen LogP contribution in [0, 0.1) is 10.1 Å². The maximum absolute atomic E-state index is 11.8. The van der Waals surface area contributed by atoms with Gasteiger partial charge in [0.2, 0.25) is 0 Å². The van der Waals surface area contributed by atoms with Crippen molar-refractivity contribution in [1.29, 1.82) is 0 Å². The highest BCUT2D eigenvalue weighted by atomic mass is 79.9. The monoisotopic (exact) mass is 428 g/mol. The zero-order valence-corrected chi connectivity index (χ0v) is 14.7. The molecule has 2 aromatic rings. The van der Waals surface area contributed by atoms with E-state index in [-0.39, 0.29) is 16.4 Å². The minimum Gasteiger partial charge on any atom is -0.452 e. The first-order chi connectivity index (χ1) is 11.8. The van der Waals surface area contributed by atoms with Crippen LogP contribution in [0.25, 0.3) is 6.08 Å². The molecule has 0 fully saturated rings. The quantitative estimate of drug-likeness (QED) is 0.323. The summed E-state index contributed by atoms with van der Waals surface area (Å²) in [6, 6.07) is 6.99. The number of nitro benzene ring substituents is 1. The molecule has 0 aliphatic heterocycles. The standard InChI is InChI=1S/C15H10BrClN2O6/c16-13-5-2-10(25-13)3-6-15(21)24-8-14(20)18-11-7-9(17)1-4-12(11)19(22)23/h1-7H,8H2,(H,18,20)/b6-3+. The second-order valence-electron chi connectivity index (χ2n) is 4.55. The Hall–Kier alpha value is -2.65. The molecule has 25 heavy (non-hydrogen) atoms. The largest absolute Gasteiger partial charge is 0.452 e. The lowest BCUT2D eigenvalue weighted by molar-refractivity contribution is -0.383. The smallest absolute Gasteiger partial charge is 0.331 e. The third-order valence-electron chi connectivity index (χ3n) is 2.75. The average Bonchev–Trinajstić information content (AvgIpc) is 2.96. The summed E-state index contributed by atoms with van der Waals surface area (Å²) >= 11 is 8.87. The van der Waals surface area contributed by atoms with E-state index in [1.807, 2.05) is 0 Å². The number of nitrogens with zero attached hydrogens (tertiary/aromatic N) is 1. The van der Waals surface area contributed by atoms with Crippen LogP contribution in [0.1, 0.15) is 5.76 Å². The molecule has 1 heterocycles. The maximum Gasteiger partial charge on any atom is 0.331 e. The Bertz CT molecular complexity index is 848. The molecule has 2 rings (SSSR count). The van der Waals surface area contributed by atoms with Gasteiger partial charge >= 0.3 is 5.97 Å². The van der Waals surface area contributed by atoms with Crippen LogP contribution in [0.4, 0.5) is 11.4 Å². The van der Waals surface area contributed by atoms with E-state index in [2.05, 4.69) is 21.2 Å². The number of nitrogens with one attached hydrogen (secondary N) is 1. The molecule has 0 aliphatic rings. The van der Waals surface area contributed by atoms with E-state index in [4.69, 9.17) is 20.8 Å². The Kier molecular flexibility index (Phi) is 6.31. The average molecular weight is 430 g/mol. The molecule has 1 aromatic heterocycles. The molecule has 1 aromatic carbocycles. The summed E-state index contributed by atoms with van der Waals surface area (Å²) in [5.74, 6) is -1.10. The molecular weight excluding hydrogens is 420 g/mol. The van der Waals surface area contributed by atoms with Gasteiger partial charge in [0, 0.05) is 17.2 Å². The highest BCUT2D eigenvalue weighted by Crippen LogP contribution is 2.27. The minimum absolute atomic E-state index is 0.0884. The van der Waals surface area contributed by atoms with Gasteiger partial charge in [-0.3, -0.25) is 14.9 Å². The number of carbonyl (C=O) groups is 2. The number of hydrogen-bond acceptors (Lipinski definition) is 6. The Morgan fingerprint density at radius 3 is 2.76 bits per heavy atom. The molecule has 1 N–H and O–H groups in total. The van der Waals surface area contributed by atoms with Crippen molar-refractivity contribution >= 4 is 56.9 Å². The van der Waals surface area contributed by atoms with Gasteiger partial charge in [-0.1, -0.05) is 11.6 Å². The zero-order chi connectivity index (χ0) is 18.4. The van der Waals surface area contributed by atoms with Crippen molar-refractivity contribution in [1.82, 2.24) is 0 Å². The Balaban J connectivity index is 1.90. The topological polar surface area (TPSA) is 112 Å². The van der Waals surface area contributed by atoms with Gasteiger partial charge in [0.1, 0.15) is 11.4 Å².